The number of nitrogens with zero attached hydrogens (tertiary/aromatic N) is 2. The van der Waals surface area contributed by atoms with Crippen molar-refractivity contribution in [2.75, 3.05) is 16.8 Å². The van der Waals surface area contributed by atoms with E-state index in [1.54, 1.807) is 11.6 Å². The van der Waals surface area contributed by atoms with Gasteiger partial charge in [-0.05, 0) is 31.0 Å². The Morgan fingerprint density at radius 2 is 1.97 bits per heavy atom. The van der Waals surface area contributed by atoms with Crippen molar-refractivity contribution in [2.24, 2.45) is 0 Å². The summed E-state index contributed by atoms with van der Waals surface area (Å²) in [6.07, 6.45) is 5.33. The molecule has 1 aliphatic carbocycles. The first-order chi connectivity index (χ1) is 14.4. The van der Waals surface area contributed by atoms with Crippen molar-refractivity contribution in [3.8, 4) is 0 Å². The molecule has 1 aromatic carbocycles. The van der Waals surface area contributed by atoms with Crippen molar-refractivity contribution in [1.29, 1.82) is 0 Å². The molecule has 30 heavy (non-hydrogen) atoms. The molecule has 160 valence electrons. The summed E-state index contributed by atoms with van der Waals surface area (Å²) in [6, 6.07) is 3.93. The van der Waals surface area contributed by atoms with E-state index in [9.17, 15) is 18.8 Å². The van der Waals surface area contributed by atoms with Crippen LogP contribution in [0.2, 0.25) is 5.02 Å². The Hall–Kier alpha value is -2.52. The number of carbonyl (C=O) groups is 3. The van der Waals surface area contributed by atoms with Gasteiger partial charge in [-0.1, -0.05) is 24.4 Å². The lowest BCUT2D eigenvalue weighted by atomic mass is 10.2. The predicted octanol–water partition coefficient (Wildman–Crippen LogP) is 3.75. The van der Waals surface area contributed by atoms with Crippen molar-refractivity contribution < 1.29 is 18.8 Å². The molecule has 0 bridgehead atoms. The Labute approximate surface area is 182 Å². The molecule has 7 nitrogen and oxygen atoms in total. The van der Waals surface area contributed by atoms with Gasteiger partial charge < -0.3 is 15.5 Å². The van der Waals surface area contributed by atoms with Crippen LogP contribution >= 0.6 is 22.9 Å². The number of benzene rings is 1. The molecule has 1 fully saturated rings. The Bertz CT molecular complexity index is 903. The van der Waals surface area contributed by atoms with Gasteiger partial charge >= 0.3 is 0 Å². The van der Waals surface area contributed by atoms with Crippen LogP contribution in [0.5, 0.6) is 0 Å². The van der Waals surface area contributed by atoms with E-state index in [0.717, 1.165) is 31.7 Å². The van der Waals surface area contributed by atoms with Gasteiger partial charge in [-0.25, -0.2) is 9.37 Å². The van der Waals surface area contributed by atoms with Crippen molar-refractivity contribution >= 4 is 51.5 Å². The first kappa shape index (κ1) is 22.2. The highest BCUT2D eigenvalue weighted by Gasteiger charge is 2.23. The van der Waals surface area contributed by atoms with Gasteiger partial charge in [0.1, 0.15) is 12.4 Å². The molecular formula is C20H22ClFN4O3S. The summed E-state index contributed by atoms with van der Waals surface area (Å²) in [5.74, 6) is -1.71. The molecular weight excluding hydrogens is 431 g/mol. The molecule has 0 aliphatic heterocycles. The van der Waals surface area contributed by atoms with Crippen LogP contribution in [0.4, 0.5) is 15.2 Å². The van der Waals surface area contributed by atoms with E-state index in [4.69, 9.17) is 11.6 Å². The molecule has 1 saturated carbocycles. The largest absolute Gasteiger partial charge is 0.352 e. The zero-order valence-electron chi connectivity index (χ0n) is 16.2. The van der Waals surface area contributed by atoms with Crippen LogP contribution in [0.25, 0.3) is 0 Å². The van der Waals surface area contributed by atoms with Gasteiger partial charge in [0.05, 0.1) is 5.02 Å². The van der Waals surface area contributed by atoms with Crippen LogP contribution in [0.1, 0.15) is 38.5 Å². The molecule has 3 amide bonds. The number of hydrogen-bond acceptors (Lipinski definition) is 5. The Morgan fingerprint density at radius 3 is 2.63 bits per heavy atom. The molecule has 2 N–H and O–H groups in total. The maximum Gasteiger partial charge on any atom is 0.240 e. The average Bonchev–Trinajstić information content (AvgIpc) is 3.41. The van der Waals surface area contributed by atoms with Gasteiger partial charge in [0.25, 0.3) is 0 Å². The minimum atomic E-state index is -0.619. The van der Waals surface area contributed by atoms with Gasteiger partial charge in [0.2, 0.25) is 17.7 Å². The third-order valence-electron chi connectivity index (χ3n) is 4.78. The molecule has 1 aromatic heterocycles. The van der Waals surface area contributed by atoms with Crippen molar-refractivity contribution in [2.45, 2.75) is 44.6 Å². The molecule has 0 saturated heterocycles. The van der Waals surface area contributed by atoms with E-state index in [0.29, 0.717) is 10.8 Å². The molecule has 0 unspecified atom stereocenters. The van der Waals surface area contributed by atoms with Crippen molar-refractivity contribution in [3.63, 3.8) is 0 Å². The summed E-state index contributed by atoms with van der Waals surface area (Å²) >= 11 is 7.13. The van der Waals surface area contributed by atoms with Crippen LogP contribution in [0.3, 0.4) is 0 Å². The number of thiazole rings is 1. The Morgan fingerprint density at radius 1 is 1.20 bits per heavy atom. The third-order valence-corrected chi connectivity index (χ3v) is 5.76. The van der Waals surface area contributed by atoms with E-state index in [-0.39, 0.29) is 42.3 Å². The maximum absolute atomic E-state index is 13.6. The number of aromatic nitrogens is 1. The fourth-order valence-electron chi connectivity index (χ4n) is 3.29. The van der Waals surface area contributed by atoms with Gasteiger partial charge in [0.15, 0.2) is 5.13 Å². The van der Waals surface area contributed by atoms with Crippen molar-refractivity contribution in [1.82, 2.24) is 10.3 Å². The predicted molar refractivity (Wildman–Crippen MR) is 114 cm³/mol. The van der Waals surface area contributed by atoms with Gasteiger partial charge in [-0.15, -0.1) is 11.3 Å². The Kier molecular flexibility index (Phi) is 7.75. The lowest BCUT2D eigenvalue weighted by molar-refractivity contribution is -0.125. The minimum absolute atomic E-state index is 0.0753. The van der Waals surface area contributed by atoms with Crippen LogP contribution in [-0.4, -0.2) is 35.3 Å². The second kappa shape index (κ2) is 10.5. The zero-order valence-corrected chi connectivity index (χ0v) is 17.8. The topological polar surface area (TPSA) is 91.4 Å². The van der Waals surface area contributed by atoms with Gasteiger partial charge in [-0.3, -0.25) is 14.4 Å². The number of anilines is 2. The third kappa shape index (κ3) is 6.24. The highest BCUT2D eigenvalue weighted by atomic mass is 35.5. The molecule has 1 aliphatic rings. The molecule has 10 heteroatoms. The second-order valence-corrected chi connectivity index (χ2v) is 8.31. The Balaban J connectivity index is 1.65. The first-order valence-electron chi connectivity index (χ1n) is 9.66. The smallest absolute Gasteiger partial charge is 0.240 e. The molecule has 2 aromatic rings. The monoisotopic (exact) mass is 452 g/mol. The standard InChI is InChI=1S/C20H22ClFN4O3S/c21-15-11-14(5-6-16(15)22)26(12-18(28)24-13-3-1-2-4-13)19(29)8-7-17(27)25-20-23-9-10-30-20/h5-6,9-11,13H,1-4,7-8,12H2,(H,24,28)(H,23,25,27). The molecule has 3 rings (SSSR count). The van der Waals surface area contributed by atoms with Crippen LogP contribution in [0.15, 0.2) is 29.8 Å². The number of carbonyl (C=O) groups excluding carboxylic acids is 3. The highest BCUT2D eigenvalue weighted by Crippen LogP contribution is 2.24. The molecule has 0 atom stereocenters. The fraction of sp³-hybridized carbons (Fsp3) is 0.400. The molecule has 1 heterocycles. The van der Waals surface area contributed by atoms with Gasteiger partial charge in [-0.2, -0.15) is 0 Å². The van der Waals surface area contributed by atoms with E-state index in [2.05, 4.69) is 15.6 Å². The lowest BCUT2D eigenvalue weighted by Gasteiger charge is -2.24. The highest BCUT2D eigenvalue weighted by molar-refractivity contribution is 7.13. The first-order valence-corrected chi connectivity index (χ1v) is 10.9. The summed E-state index contributed by atoms with van der Waals surface area (Å²) in [5.41, 5.74) is 0.299. The maximum atomic E-state index is 13.6. The van der Waals surface area contributed by atoms with E-state index in [1.807, 2.05) is 0 Å². The summed E-state index contributed by atoms with van der Waals surface area (Å²) in [6.45, 7) is -0.231. The average molecular weight is 453 g/mol. The summed E-state index contributed by atoms with van der Waals surface area (Å²) in [7, 11) is 0. The van der Waals surface area contributed by atoms with E-state index < -0.39 is 11.7 Å². The van der Waals surface area contributed by atoms with Crippen LogP contribution in [-0.2, 0) is 14.4 Å². The second-order valence-electron chi connectivity index (χ2n) is 7.01. The SMILES string of the molecule is O=C(CCC(=O)N(CC(=O)NC1CCCC1)c1ccc(F)c(Cl)c1)Nc1nccs1. The zero-order chi connectivity index (χ0) is 21.5. The van der Waals surface area contributed by atoms with Crippen LogP contribution < -0.4 is 15.5 Å². The quantitative estimate of drug-likeness (QED) is 0.638. The van der Waals surface area contributed by atoms with Crippen LogP contribution in [0, 0.1) is 5.82 Å². The number of nitrogens with one attached hydrogen (secondary N) is 2. The summed E-state index contributed by atoms with van der Waals surface area (Å²) < 4.78 is 13.6. The van der Waals surface area contributed by atoms with Crippen molar-refractivity contribution in [3.05, 3.63) is 40.6 Å². The minimum Gasteiger partial charge on any atom is -0.352 e. The molecule has 0 spiro atoms. The lowest BCUT2D eigenvalue weighted by Crippen LogP contribution is -2.43. The number of rotatable bonds is 8. The number of hydrogen-bond donors (Lipinski definition) is 2. The number of halogens is 2. The van der Waals surface area contributed by atoms with E-state index >= 15 is 0 Å². The summed E-state index contributed by atoms with van der Waals surface area (Å²) in [5, 5.41) is 7.56. The normalized spacial score (nSPS) is 13.8. The molecule has 0 radical (unpaired) electrons. The fourth-order valence-corrected chi connectivity index (χ4v) is 4.01. The summed E-state index contributed by atoms with van der Waals surface area (Å²) in [4.78, 5) is 42.6. The van der Waals surface area contributed by atoms with E-state index in [1.165, 1.54) is 28.4 Å². The van der Waals surface area contributed by atoms with Gasteiger partial charge in [0, 0.05) is 36.1 Å². The number of amides is 3.